The summed E-state index contributed by atoms with van der Waals surface area (Å²) in [5.41, 5.74) is 4.06. The smallest absolute Gasteiger partial charge is 0.151 e. The minimum absolute atomic E-state index is 0.865. The van der Waals surface area contributed by atoms with Gasteiger partial charge in [-0.05, 0) is 36.1 Å². The Morgan fingerprint density at radius 1 is 1.00 bits per heavy atom. The molecule has 0 bridgehead atoms. The van der Waals surface area contributed by atoms with E-state index in [0.717, 1.165) is 23.8 Å². The van der Waals surface area contributed by atoms with Crippen molar-refractivity contribution in [1.82, 2.24) is 0 Å². The molecule has 0 atom stereocenters. The van der Waals surface area contributed by atoms with E-state index in [0.29, 0.717) is 0 Å². The highest BCUT2D eigenvalue weighted by atomic mass is 35.7. The first-order valence-corrected chi connectivity index (χ1v) is 7.61. The molecule has 16 heavy (non-hydrogen) atoms. The summed E-state index contributed by atoms with van der Waals surface area (Å²) in [6.45, 7) is 4.19. The zero-order valence-corrected chi connectivity index (χ0v) is 11.0. The number of rotatable bonds is 4. The quantitative estimate of drug-likeness (QED) is 0.782. The summed E-state index contributed by atoms with van der Waals surface area (Å²) in [6, 6.07) is 3.95. The number of aryl methyl sites for hydroxylation is 2. The van der Waals surface area contributed by atoms with Crippen LogP contribution in [0.4, 0.5) is 0 Å². The molecule has 0 aliphatic rings. The van der Waals surface area contributed by atoms with E-state index in [-0.39, 0.29) is 0 Å². The van der Waals surface area contributed by atoms with Crippen LogP contribution in [-0.2, 0) is 12.8 Å². The summed E-state index contributed by atoms with van der Waals surface area (Å²) in [5, 5.41) is 0. The molecule has 0 spiro atoms. The summed E-state index contributed by atoms with van der Waals surface area (Å²) < 4.78 is 11.0. The van der Waals surface area contributed by atoms with E-state index in [1.165, 1.54) is 11.1 Å². The lowest BCUT2D eigenvalue weighted by Gasteiger charge is -2.07. The standard InChI is InChI=1S/C12H14ClO2P/c1-3-9-5-7-14-11(9)16(13)12-10(4-2)6-8-15-12/h5-8H,3-4H2,1-2H3. The van der Waals surface area contributed by atoms with Crippen molar-refractivity contribution < 1.29 is 8.83 Å². The summed E-state index contributed by atoms with van der Waals surface area (Å²) in [7, 11) is -1.01. The normalized spacial score (nSPS) is 11.2. The van der Waals surface area contributed by atoms with Gasteiger partial charge in [0.2, 0.25) is 0 Å². The van der Waals surface area contributed by atoms with Crippen molar-refractivity contribution in [2.75, 3.05) is 0 Å². The first-order valence-electron chi connectivity index (χ1n) is 5.36. The predicted molar refractivity (Wildman–Crippen MR) is 68.2 cm³/mol. The van der Waals surface area contributed by atoms with Crippen LogP contribution in [0.3, 0.4) is 0 Å². The lowest BCUT2D eigenvalue weighted by atomic mass is 10.3. The second kappa shape index (κ2) is 5.07. The lowest BCUT2D eigenvalue weighted by Crippen LogP contribution is -2.11. The fourth-order valence-electron chi connectivity index (χ4n) is 1.63. The zero-order chi connectivity index (χ0) is 11.5. The van der Waals surface area contributed by atoms with Gasteiger partial charge in [-0.2, -0.15) is 0 Å². The molecule has 2 heterocycles. The van der Waals surface area contributed by atoms with E-state index in [4.69, 9.17) is 20.1 Å². The Morgan fingerprint density at radius 2 is 1.44 bits per heavy atom. The maximum atomic E-state index is 6.46. The van der Waals surface area contributed by atoms with Crippen LogP contribution in [0.5, 0.6) is 0 Å². The fraction of sp³-hybridized carbons (Fsp3) is 0.333. The van der Waals surface area contributed by atoms with Gasteiger partial charge in [0, 0.05) is 0 Å². The molecule has 0 radical (unpaired) electrons. The summed E-state index contributed by atoms with van der Waals surface area (Å²) in [4.78, 5) is 0. The van der Waals surface area contributed by atoms with Gasteiger partial charge in [0.1, 0.15) is 7.27 Å². The second-order valence-corrected chi connectivity index (χ2v) is 5.88. The Hall–Kier alpha value is -0.720. The van der Waals surface area contributed by atoms with Crippen LogP contribution in [0.2, 0.25) is 0 Å². The maximum Gasteiger partial charge on any atom is 0.151 e. The third kappa shape index (κ3) is 2.05. The van der Waals surface area contributed by atoms with Crippen molar-refractivity contribution in [2.24, 2.45) is 0 Å². The molecular weight excluding hydrogens is 243 g/mol. The molecule has 86 valence electrons. The van der Waals surface area contributed by atoms with Gasteiger partial charge in [-0.25, -0.2) is 0 Å². The Morgan fingerprint density at radius 3 is 1.81 bits per heavy atom. The summed E-state index contributed by atoms with van der Waals surface area (Å²) in [5.74, 6) is 0. The molecule has 0 unspecified atom stereocenters. The molecule has 0 amide bonds. The molecule has 2 nitrogen and oxygen atoms in total. The number of halogens is 1. The third-order valence-electron chi connectivity index (χ3n) is 2.57. The minimum atomic E-state index is -1.01. The van der Waals surface area contributed by atoms with E-state index in [1.54, 1.807) is 12.5 Å². The van der Waals surface area contributed by atoms with Crippen LogP contribution in [0.15, 0.2) is 33.5 Å². The van der Waals surface area contributed by atoms with Gasteiger partial charge >= 0.3 is 0 Å². The van der Waals surface area contributed by atoms with Crippen LogP contribution in [0, 0.1) is 0 Å². The molecule has 0 saturated heterocycles. The van der Waals surface area contributed by atoms with Gasteiger partial charge in [-0.1, -0.05) is 25.1 Å². The number of hydrogen-bond acceptors (Lipinski definition) is 2. The maximum absolute atomic E-state index is 6.46. The Kier molecular flexibility index (Phi) is 3.73. The van der Waals surface area contributed by atoms with Gasteiger partial charge < -0.3 is 8.83 Å². The monoisotopic (exact) mass is 256 g/mol. The molecule has 0 fully saturated rings. The molecule has 2 aromatic rings. The number of hydrogen-bond donors (Lipinski definition) is 0. The molecular formula is C12H14ClO2P. The van der Waals surface area contributed by atoms with Crippen LogP contribution in [-0.4, -0.2) is 0 Å². The first kappa shape index (κ1) is 11.8. The van der Waals surface area contributed by atoms with Crippen molar-refractivity contribution in [3.63, 3.8) is 0 Å². The van der Waals surface area contributed by atoms with Crippen molar-refractivity contribution >= 4 is 29.5 Å². The minimum Gasteiger partial charge on any atom is -0.463 e. The molecule has 2 rings (SSSR count). The van der Waals surface area contributed by atoms with Gasteiger partial charge in [-0.15, -0.1) is 0 Å². The van der Waals surface area contributed by atoms with Crippen LogP contribution < -0.4 is 11.0 Å². The van der Waals surface area contributed by atoms with Gasteiger partial charge in [0.15, 0.2) is 11.0 Å². The SMILES string of the molecule is CCc1ccoc1P(Cl)c1occc1CC. The molecule has 2 aromatic heterocycles. The van der Waals surface area contributed by atoms with Crippen LogP contribution in [0.25, 0.3) is 0 Å². The Balaban J connectivity index is 2.35. The molecule has 0 N–H and O–H groups in total. The molecule has 0 aliphatic heterocycles. The van der Waals surface area contributed by atoms with Crippen molar-refractivity contribution in [3.8, 4) is 0 Å². The van der Waals surface area contributed by atoms with E-state index in [2.05, 4.69) is 13.8 Å². The predicted octanol–water partition coefficient (Wildman–Crippen LogP) is 3.58. The third-order valence-corrected chi connectivity index (χ3v) is 4.99. The highest BCUT2D eigenvalue weighted by Gasteiger charge is 2.23. The molecule has 0 aromatic carbocycles. The van der Waals surface area contributed by atoms with E-state index >= 15 is 0 Å². The summed E-state index contributed by atoms with van der Waals surface area (Å²) >= 11 is 6.46. The second-order valence-electron chi connectivity index (χ2n) is 3.49. The number of furan rings is 2. The zero-order valence-electron chi connectivity index (χ0n) is 9.37. The van der Waals surface area contributed by atoms with Crippen LogP contribution >= 0.6 is 18.5 Å². The average molecular weight is 257 g/mol. The Labute approximate surface area is 101 Å². The van der Waals surface area contributed by atoms with Crippen molar-refractivity contribution in [1.29, 1.82) is 0 Å². The van der Waals surface area contributed by atoms with Crippen molar-refractivity contribution in [2.45, 2.75) is 26.7 Å². The molecule has 4 heteroatoms. The van der Waals surface area contributed by atoms with Gasteiger partial charge in [0.05, 0.1) is 12.5 Å². The molecule has 0 saturated carbocycles. The summed E-state index contributed by atoms with van der Waals surface area (Å²) in [6.07, 6.45) is 5.25. The first-order chi connectivity index (χ1) is 7.77. The average Bonchev–Trinajstić information content (AvgIpc) is 2.96. The highest BCUT2D eigenvalue weighted by molar-refractivity contribution is 7.95. The van der Waals surface area contributed by atoms with E-state index in [9.17, 15) is 0 Å². The molecule has 0 aliphatic carbocycles. The largest absolute Gasteiger partial charge is 0.463 e. The Bertz CT molecular complexity index is 419. The van der Waals surface area contributed by atoms with E-state index in [1.807, 2.05) is 12.1 Å². The van der Waals surface area contributed by atoms with E-state index < -0.39 is 7.27 Å². The van der Waals surface area contributed by atoms with Crippen molar-refractivity contribution in [3.05, 3.63) is 35.8 Å². The van der Waals surface area contributed by atoms with Gasteiger partial charge in [-0.3, -0.25) is 0 Å². The highest BCUT2D eigenvalue weighted by Crippen LogP contribution is 2.41. The lowest BCUT2D eigenvalue weighted by molar-refractivity contribution is 0.592. The van der Waals surface area contributed by atoms with Crippen LogP contribution in [0.1, 0.15) is 25.0 Å². The van der Waals surface area contributed by atoms with Gasteiger partial charge in [0.25, 0.3) is 0 Å². The fourth-order valence-corrected chi connectivity index (χ4v) is 3.98. The topological polar surface area (TPSA) is 26.3 Å².